The molecule has 1 fully saturated rings. The number of hydrogen-bond donors (Lipinski definition) is 1. The molecule has 1 aromatic carbocycles. The number of nitrogens with zero attached hydrogens (tertiary/aromatic N) is 1. The second-order valence-electron chi connectivity index (χ2n) is 5.79. The van der Waals surface area contributed by atoms with Gasteiger partial charge in [0.05, 0.1) is 6.07 Å². The van der Waals surface area contributed by atoms with Gasteiger partial charge in [0.2, 0.25) is 0 Å². The Bertz CT molecular complexity index is 554. The molecule has 1 aromatic rings. The maximum absolute atomic E-state index is 12.4. The molecule has 1 amide bonds. The van der Waals surface area contributed by atoms with Crippen molar-refractivity contribution in [1.82, 2.24) is 5.32 Å². The van der Waals surface area contributed by atoms with E-state index >= 15 is 0 Å². The highest BCUT2D eigenvalue weighted by molar-refractivity contribution is 9.10. The molecule has 1 aliphatic carbocycles. The fraction of sp³-hybridized carbons (Fsp3) is 0.500. The first-order chi connectivity index (χ1) is 9.46. The quantitative estimate of drug-likeness (QED) is 0.889. The molecule has 1 N–H and O–H groups in total. The largest absolute Gasteiger partial charge is 0.334 e. The number of rotatable bonds is 2. The lowest BCUT2D eigenvalue weighted by Crippen LogP contribution is -2.49. The van der Waals surface area contributed by atoms with E-state index in [0.29, 0.717) is 11.5 Å². The Kier molecular flexibility index (Phi) is 4.49. The van der Waals surface area contributed by atoms with Crippen molar-refractivity contribution in [3.63, 3.8) is 0 Å². The van der Waals surface area contributed by atoms with Crippen LogP contribution >= 0.6 is 15.9 Å². The van der Waals surface area contributed by atoms with Crippen molar-refractivity contribution >= 4 is 21.8 Å². The van der Waals surface area contributed by atoms with Crippen LogP contribution in [0.25, 0.3) is 0 Å². The molecule has 4 heteroatoms. The van der Waals surface area contributed by atoms with Gasteiger partial charge < -0.3 is 5.32 Å². The summed E-state index contributed by atoms with van der Waals surface area (Å²) in [4.78, 5) is 12.4. The van der Waals surface area contributed by atoms with Crippen LogP contribution in [0.1, 0.15) is 48.5 Å². The number of halogens is 1. The summed E-state index contributed by atoms with van der Waals surface area (Å²) in [6.07, 6.45) is 3.46. The zero-order valence-electron chi connectivity index (χ0n) is 11.9. The van der Waals surface area contributed by atoms with Crippen LogP contribution in [0.5, 0.6) is 0 Å². The van der Waals surface area contributed by atoms with Crippen molar-refractivity contribution < 1.29 is 4.79 Å². The summed E-state index contributed by atoms with van der Waals surface area (Å²) in [5.74, 6) is 0.487. The van der Waals surface area contributed by atoms with E-state index in [1.807, 2.05) is 19.1 Å². The van der Waals surface area contributed by atoms with Crippen molar-refractivity contribution in [3.8, 4) is 6.07 Å². The van der Waals surface area contributed by atoms with Crippen LogP contribution in [0.2, 0.25) is 0 Å². The first-order valence-electron chi connectivity index (χ1n) is 6.96. The molecule has 0 saturated heterocycles. The van der Waals surface area contributed by atoms with Crippen molar-refractivity contribution in [2.24, 2.45) is 5.92 Å². The lowest BCUT2D eigenvalue weighted by atomic mass is 9.78. The van der Waals surface area contributed by atoms with E-state index in [1.165, 1.54) is 0 Å². The second kappa shape index (κ2) is 5.97. The third-order valence-electron chi connectivity index (χ3n) is 4.14. The normalized spacial score (nSPS) is 25.8. The smallest absolute Gasteiger partial charge is 0.252 e. The molecule has 0 heterocycles. The van der Waals surface area contributed by atoms with E-state index in [9.17, 15) is 10.1 Å². The average molecular weight is 335 g/mol. The zero-order valence-corrected chi connectivity index (χ0v) is 13.5. The Balaban J connectivity index is 2.18. The van der Waals surface area contributed by atoms with E-state index in [4.69, 9.17) is 0 Å². The molecule has 0 bridgehead atoms. The van der Waals surface area contributed by atoms with Crippen LogP contribution < -0.4 is 5.32 Å². The Morgan fingerprint density at radius 2 is 2.10 bits per heavy atom. The number of nitrogens with one attached hydrogen (secondary N) is 1. The molecular weight excluding hydrogens is 316 g/mol. The van der Waals surface area contributed by atoms with Gasteiger partial charge in [0.1, 0.15) is 5.54 Å². The minimum Gasteiger partial charge on any atom is -0.334 e. The highest BCUT2D eigenvalue weighted by atomic mass is 79.9. The van der Waals surface area contributed by atoms with E-state index in [1.54, 1.807) is 6.07 Å². The van der Waals surface area contributed by atoms with Gasteiger partial charge in [-0.15, -0.1) is 0 Å². The Hall–Kier alpha value is -1.34. The van der Waals surface area contributed by atoms with Crippen LogP contribution in [-0.4, -0.2) is 11.4 Å². The van der Waals surface area contributed by atoms with E-state index in [-0.39, 0.29) is 5.91 Å². The predicted molar refractivity (Wildman–Crippen MR) is 82.3 cm³/mol. The van der Waals surface area contributed by atoms with Gasteiger partial charge in [-0.3, -0.25) is 4.79 Å². The van der Waals surface area contributed by atoms with Crippen LogP contribution in [0.15, 0.2) is 22.7 Å². The minimum absolute atomic E-state index is 0.153. The standard InChI is InChI=1S/C16H19BrN2O/c1-11-5-7-16(10-18,8-6-11)19-15(20)14-9-13(17)4-3-12(14)2/h3-4,9,11H,5-8H2,1-2H3,(H,19,20). The monoisotopic (exact) mass is 334 g/mol. The van der Waals surface area contributed by atoms with Gasteiger partial charge in [-0.1, -0.05) is 28.9 Å². The summed E-state index contributed by atoms with van der Waals surface area (Å²) < 4.78 is 0.872. The van der Waals surface area contributed by atoms with E-state index in [2.05, 4.69) is 34.2 Å². The molecular formula is C16H19BrN2O. The zero-order chi connectivity index (χ0) is 14.8. The van der Waals surface area contributed by atoms with Gasteiger partial charge in [0.15, 0.2) is 0 Å². The van der Waals surface area contributed by atoms with Gasteiger partial charge >= 0.3 is 0 Å². The topological polar surface area (TPSA) is 52.9 Å². The maximum atomic E-state index is 12.4. The first-order valence-corrected chi connectivity index (χ1v) is 7.75. The average Bonchev–Trinajstić information content (AvgIpc) is 2.44. The van der Waals surface area contributed by atoms with Gasteiger partial charge in [0, 0.05) is 10.0 Å². The molecule has 0 atom stereocenters. The molecule has 3 nitrogen and oxygen atoms in total. The molecule has 1 saturated carbocycles. The number of aryl methyl sites for hydroxylation is 1. The number of carbonyl (C=O) groups is 1. The number of hydrogen-bond acceptors (Lipinski definition) is 2. The minimum atomic E-state index is -0.696. The van der Waals surface area contributed by atoms with Crippen LogP contribution in [-0.2, 0) is 0 Å². The lowest BCUT2D eigenvalue weighted by Gasteiger charge is -2.34. The maximum Gasteiger partial charge on any atom is 0.252 e. The van der Waals surface area contributed by atoms with Gasteiger partial charge in [0.25, 0.3) is 5.91 Å². The fourth-order valence-electron chi connectivity index (χ4n) is 2.64. The van der Waals surface area contributed by atoms with Crippen LogP contribution in [0, 0.1) is 24.2 Å². The molecule has 106 valence electrons. The molecule has 0 radical (unpaired) electrons. The van der Waals surface area contributed by atoms with E-state index in [0.717, 1.165) is 35.7 Å². The molecule has 1 aliphatic rings. The van der Waals surface area contributed by atoms with Crippen molar-refractivity contribution in [3.05, 3.63) is 33.8 Å². The Morgan fingerprint density at radius 1 is 1.45 bits per heavy atom. The van der Waals surface area contributed by atoms with Gasteiger partial charge in [-0.25, -0.2) is 0 Å². The number of carbonyl (C=O) groups excluding carboxylic acids is 1. The molecule has 0 spiro atoms. The summed E-state index contributed by atoms with van der Waals surface area (Å²) in [5.41, 5.74) is 0.855. The highest BCUT2D eigenvalue weighted by Gasteiger charge is 2.36. The van der Waals surface area contributed by atoms with E-state index < -0.39 is 5.54 Å². The first kappa shape index (κ1) is 15.1. The second-order valence-corrected chi connectivity index (χ2v) is 6.71. The third kappa shape index (κ3) is 3.21. The van der Waals surface area contributed by atoms with Crippen LogP contribution in [0.3, 0.4) is 0 Å². The Morgan fingerprint density at radius 3 is 2.70 bits per heavy atom. The summed E-state index contributed by atoms with van der Waals surface area (Å²) in [7, 11) is 0. The van der Waals surface area contributed by atoms with Gasteiger partial charge in [-0.2, -0.15) is 5.26 Å². The van der Waals surface area contributed by atoms with Crippen molar-refractivity contribution in [2.75, 3.05) is 0 Å². The summed E-state index contributed by atoms with van der Waals surface area (Å²) >= 11 is 3.38. The summed E-state index contributed by atoms with van der Waals surface area (Å²) in [5, 5.41) is 12.4. The molecule has 0 aromatic heterocycles. The summed E-state index contributed by atoms with van der Waals surface area (Å²) in [6, 6.07) is 7.95. The number of amides is 1. The molecule has 0 unspecified atom stereocenters. The van der Waals surface area contributed by atoms with Gasteiger partial charge in [-0.05, 0) is 56.2 Å². The predicted octanol–water partition coefficient (Wildman–Crippen LogP) is 3.96. The number of nitriles is 1. The van der Waals surface area contributed by atoms with Crippen molar-refractivity contribution in [1.29, 1.82) is 5.26 Å². The Labute approximate surface area is 128 Å². The molecule has 0 aliphatic heterocycles. The molecule has 2 rings (SSSR count). The fourth-order valence-corrected chi connectivity index (χ4v) is 3.00. The highest BCUT2D eigenvalue weighted by Crippen LogP contribution is 2.32. The third-order valence-corrected chi connectivity index (χ3v) is 4.63. The lowest BCUT2D eigenvalue weighted by molar-refractivity contribution is 0.0893. The SMILES string of the molecule is Cc1ccc(Br)cc1C(=O)NC1(C#N)CCC(C)CC1. The van der Waals surface area contributed by atoms with Crippen molar-refractivity contribution in [2.45, 2.75) is 45.1 Å². The van der Waals surface area contributed by atoms with Crippen LogP contribution in [0.4, 0.5) is 0 Å². The number of benzene rings is 1. The summed E-state index contributed by atoms with van der Waals surface area (Å²) in [6.45, 7) is 4.10. The molecule has 20 heavy (non-hydrogen) atoms.